The average Bonchev–Trinajstić information content (AvgIpc) is 3.19. The Hall–Kier alpha value is -1.46. The minimum absolute atomic E-state index is 0.367. The van der Waals surface area contributed by atoms with Gasteiger partial charge in [0.2, 0.25) is 0 Å². The summed E-state index contributed by atoms with van der Waals surface area (Å²) in [6.45, 7) is 2.31. The molecule has 5 nitrogen and oxygen atoms in total. The number of imidazole rings is 1. The maximum Gasteiger partial charge on any atom is 0.161 e. The van der Waals surface area contributed by atoms with Crippen LogP contribution in [-0.2, 0) is 6.42 Å². The SMILES string of the molecule is CN1CCCC1Cc1nc2cccnc2n1C1CCCN1. The molecule has 4 rings (SSSR count). The second-order valence-electron chi connectivity index (χ2n) is 6.34. The highest BCUT2D eigenvalue weighted by Gasteiger charge is 2.27. The third kappa shape index (κ3) is 2.34. The molecule has 0 amide bonds. The van der Waals surface area contributed by atoms with Crippen LogP contribution in [0.3, 0.4) is 0 Å². The number of aromatic nitrogens is 3. The van der Waals surface area contributed by atoms with Crippen molar-refractivity contribution in [3.05, 3.63) is 24.2 Å². The summed E-state index contributed by atoms with van der Waals surface area (Å²) in [6, 6.07) is 4.69. The molecule has 0 aromatic carbocycles. The number of hydrogen-bond acceptors (Lipinski definition) is 4. The second kappa shape index (κ2) is 5.39. The van der Waals surface area contributed by atoms with Gasteiger partial charge in [-0.1, -0.05) is 0 Å². The molecule has 2 aromatic rings. The van der Waals surface area contributed by atoms with Gasteiger partial charge in [-0.15, -0.1) is 0 Å². The summed E-state index contributed by atoms with van der Waals surface area (Å²) < 4.78 is 2.36. The highest BCUT2D eigenvalue weighted by Crippen LogP contribution is 2.27. The summed E-state index contributed by atoms with van der Waals surface area (Å²) in [5.41, 5.74) is 2.06. The minimum Gasteiger partial charge on any atom is -0.303 e. The predicted octanol–water partition coefficient (Wildman–Crippen LogP) is 1.95. The number of pyridine rings is 1. The van der Waals surface area contributed by atoms with Crippen LogP contribution in [0.1, 0.15) is 37.7 Å². The fourth-order valence-corrected chi connectivity index (χ4v) is 3.78. The van der Waals surface area contributed by atoms with Gasteiger partial charge in [-0.3, -0.25) is 9.88 Å². The normalized spacial score (nSPS) is 26.9. The van der Waals surface area contributed by atoms with Crippen LogP contribution in [0.4, 0.5) is 0 Å². The van der Waals surface area contributed by atoms with Crippen molar-refractivity contribution in [1.82, 2.24) is 24.8 Å². The van der Waals surface area contributed by atoms with Gasteiger partial charge in [-0.05, 0) is 58.0 Å². The lowest BCUT2D eigenvalue weighted by atomic mass is 10.1. The molecule has 2 aliphatic heterocycles. The zero-order valence-electron chi connectivity index (χ0n) is 12.6. The minimum atomic E-state index is 0.367. The Balaban J connectivity index is 1.74. The number of likely N-dealkylation sites (N-methyl/N-ethyl adjacent to an activating group) is 1. The zero-order chi connectivity index (χ0) is 14.2. The van der Waals surface area contributed by atoms with Crippen LogP contribution in [-0.4, -0.2) is 45.6 Å². The third-order valence-corrected chi connectivity index (χ3v) is 4.96. The smallest absolute Gasteiger partial charge is 0.161 e. The summed E-state index contributed by atoms with van der Waals surface area (Å²) in [5.74, 6) is 1.20. The number of rotatable bonds is 3. The zero-order valence-corrected chi connectivity index (χ0v) is 12.6. The number of fused-ring (bicyclic) bond motifs is 1. The van der Waals surface area contributed by atoms with E-state index in [2.05, 4.69) is 32.9 Å². The van der Waals surface area contributed by atoms with Crippen LogP contribution in [0.5, 0.6) is 0 Å². The molecular weight excluding hydrogens is 262 g/mol. The van der Waals surface area contributed by atoms with E-state index in [1.165, 1.54) is 38.1 Å². The molecule has 2 aromatic heterocycles. The molecule has 2 saturated heterocycles. The topological polar surface area (TPSA) is 46.0 Å². The van der Waals surface area contributed by atoms with E-state index in [0.717, 1.165) is 24.1 Å². The third-order valence-electron chi connectivity index (χ3n) is 4.96. The molecule has 0 spiro atoms. The van der Waals surface area contributed by atoms with Crippen molar-refractivity contribution in [3.8, 4) is 0 Å². The highest BCUT2D eigenvalue weighted by molar-refractivity contribution is 5.71. The molecule has 112 valence electrons. The predicted molar refractivity (Wildman–Crippen MR) is 83.2 cm³/mol. The standard InChI is InChI=1S/C16H23N5/c1-20-10-4-5-12(20)11-15-19-13-6-2-9-18-16(13)21(15)14-7-3-8-17-14/h2,6,9,12,14,17H,3-5,7-8,10-11H2,1H3. The number of nitrogens with one attached hydrogen (secondary N) is 1. The van der Waals surface area contributed by atoms with E-state index in [0.29, 0.717) is 12.2 Å². The van der Waals surface area contributed by atoms with Gasteiger partial charge >= 0.3 is 0 Å². The van der Waals surface area contributed by atoms with Gasteiger partial charge in [0.05, 0.1) is 6.17 Å². The van der Waals surface area contributed by atoms with Crippen molar-refractivity contribution in [2.24, 2.45) is 0 Å². The highest BCUT2D eigenvalue weighted by atomic mass is 15.3. The fraction of sp³-hybridized carbons (Fsp3) is 0.625. The van der Waals surface area contributed by atoms with Gasteiger partial charge in [-0.25, -0.2) is 9.97 Å². The summed E-state index contributed by atoms with van der Waals surface area (Å²) in [4.78, 5) is 11.9. The lowest BCUT2D eigenvalue weighted by molar-refractivity contribution is 0.300. The average molecular weight is 285 g/mol. The monoisotopic (exact) mass is 285 g/mol. The van der Waals surface area contributed by atoms with E-state index in [-0.39, 0.29) is 0 Å². The van der Waals surface area contributed by atoms with Gasteiger partial charge in [0.15, 0.2) is 5.65 Å². The van der Waals surface area contributed by atoms with Crippen molar-refractivity contribution >= 4 is 11.2 Å². The summed E-state index contributed by atoms with van der Waals surface area (Å²) in [7, 11) is 2.23. The molecular formula is C16H23N5. The maximum absolute atomic E-state index is 4.89. The van der Waals surface area contributed by atoms with Crippen molar-refractivity contribution in [2.75, 3.05) is 20.1 Å². The van der Waals surface area contributed by atoms with E-state index < -0.39 is 0 Å². The van der Waals surface area contributed by atoms with Gasteiger partial charge in [0, 0.05) is 18.7 Å². The van der Waals surface area contributed by atoms with Gasteiger partial charge in [0.25, 0.3) is 0 Å². The van der Waals surface area contributed by atoms with Crippen molar-refractivity contribution < 1.29 is 0 Å². The summed E-state index contributed by atoms with van der Waals surface area (Å²) >= 11 is 0. The van der Waals surface area contributed by atoms with Crippen LogP contribution in [0.15, 0.2) is 18.3 Å². The van der Waals surface area contributed by atoms with E-state index in [1.54, 1.807) is 0 Å². The Bertz CT molecular complexity index is 629. The lowest BCUT2D eigenvalue weighted by Crippen LogP contribution is -2.30. The molecule has 5 heteroatoms. The van der Waals surface area contributed by atoms with Crippen molar-refractivity contribution in [3.63, 3.8) is 0 Å². The number of likely N-dealkylation sites (tertiary alicyclic amines) is 1. The quantitative estimate of drug-likeness (QED) is 0.936. The van der Waals surface area contributed by atoms with Crippen LogP contribution in [0.25, 0.3) is 11.2 Å². The Kier molecular flexibility index (Phi) is 3.39. The van der Waals surface area contributed by atoms with Gasteiger partial charge in [0.1, 0.15) is 11.3 Å². The first-order chi connectivity index (χ1) is 10.3. The molecule has 2 unspecified atom stereocenters. The van der Waals surface area contributed by atoms with Gasteiger partial charge < -0.3 is 4.90 Å². The van der Waals surface area contributed by atoms with Crippen LogP contribution < -0.4 is 5.32 Å². The van der Waals surface area contributed by atoms with E-state index in [1.807, 2.05) is 12.3 Å². The molecule has 0 radical (unpaired) electrons. The largest absolute Gasteiger partial charge is 0.303 e. The van der Waals surface area contributed by atoms with Gasteiger partial charge in [-0.2, -0.15) is 0 Å². The summed E-state index contributed by atoms with van der Waals surface area (Å²) in [5, 5.41) is 3.60. The van der Waals surface area contributed by atoms with Crippen molar-refractivity contribution in [1.29, 1.82) is 0 Å². The molecule has 2 fully saturated rings. The Morgan fingerprint density at radius 1 is 1.33 bits per heavy atom. The lowest BCUT2D eigenvalue weighted by Gasteiger charge is -2.21. The molecule has 21 heavy (non-hydrogen) atoms. The first-order valence-corrected chi connectivity index (χ1v) is 8.08. The number of hydrogen-bond donors (Lipinski definition) is 1. The van der Waals surface area contributed by atoms with E-state index >= 15 is 0 Å². The number of nitrogens with zero attached hydrogens (tertiary/aromatic N) is 4. The molecule has 1 N–H and O–H groups in total. The van der Waals surface area contributed by atoms with Crippen molar-refractivity contribution in [2.45, 2.75) is 44.3 Å². The molecule has 2 atom stereocenters. The maximum atomic E-state index is 4.89. The molecule has 0 saturated carbocycles. The Morgan fingerprint density at radius 3 is 3.05 bits per heavy atom. The van der Waals surface area contributed by atoms with Crippen LogP contribution in [0.2, 0.25) is 0 Å². The Labute approximate surface area is 125 Å². The Morgan fingerprint density at radius 2 is 2.29 bits per heavy atom. The first-order valence-electron chi connectivity index (χ1n) is 8.08. The molecule has 0 bridgehead atoms. The molecule has 4 heterocycles. The first kappa shape index (κ1) is 13.2. The van der Waals surface area contributed by atoms with Crippen LogP contribution >= 0.6 is 0 Å². The second-order valence-corrected chi connectivity index (χ2v) is 6.34. The summed E-state index contributed by atoms with van der Waals surface area (Å²) in [6.07, 6.45) is 8.28. The fourth-order valence-electron chi connectivity index (χ4n) is 3.78. The van der Waals surface area contributed by atoms with E-state index in [9.17, 15) is 0 Å². The molecule has 2 aliphatic rings. The molecule has 0 aliphatic carbocycles. The van der Waals surface area contributed by atoms with E-state index in [4.69, 9.17) is 4.98 Å². The van der Waals surface area contributed by atoms with Crippen LogP contribution in [0, 0.1) is 0 Å².